The van der Waals surface area contributed by atoms with Crippen LogP contribution in [0.25, 0.3) is 11.8 Å². The summed E-state index contributed by atoms with van der Waals surface area (Å²) in [6, 6.07) is 13.2. The zero-order chi connectivity index (χ0) is 24.2. The minimum absolute atomic E-state index is 0.0434. The number of aromatic nitrogens is 2. The average Bonchev–Trinajstić information content (AvgIpc) is 2.99. The third kappa shape index (κ3) is 5.59. The molecular formula is C23H20F3N3O4. The van der Waals surface area contributed by atoms with E-state index in [1.165, 1.54) is 16.8 Å². The van der Waals surface area contributed by atoms with Gasteiger partial charge in [-0.1, -0.05) is 30.3 Å². The molecule has 0 bridgehead atoms. The van der Waals surface area contributed by atoms with Gasteiger partial charge >= 0.3 is 12.1 Å². The zero-order valence-electron chi connectivity index (χ0n) is 17.7. The van der Waals surface area contributed by atoms with E-state index >= 15 is 0 Å². The van der Waals surface area contributed by atoms with Gasteiger partial charge in [-0.15, -0.1) is 0 Å². The van der Waals surface area contributed by atoms with Gasteiger partial charge in [0.15, 0.2) is 6.61 Å². The number of para-hydroxylation sites is 1. The Morgan fingerprint density at radius 2 is 1.79 bits per heavy atom. The van der Waals surface area contributed by atoms with E-state index in [9.17, 15) is 27.6 Å². The predicted octanol–water partition coefficient (Wildman–Crippen LogP) is 3.70. The number of esters is 1. The number of carbonyl (C=O) groups is 2. The van der Waals surface area contributed by atoms with Crippen molar-refractivity contribution in [1.82, 2.24) is 9.36 Å². The molecule has 0 radical (unpaired) electrons. The van der Waals surface area contributed by atoms with Gasteiger partial charge in [0.1, 0.15) is 5.69 Å². The molecule has 0 aliphatic carbocycles. The molecule has 0 aliphatic heterocycles. The summed E-state index contributed by atoms with van der Waals surface area (Å²) >= 11 is 0. The minimum Gasteiger partial charge on any atom is -0.452 e. The van der Waals surface area contributed by atoms with E-state index in [0.29, 0.717) is 11.4 Å². The Kier molecular flexibility index (Phi) is 6.86. The summed E-state index contributed by atoms with van der Waals surface area (Å²) in [5.41, 5.74) is -0.00987. The third-order valence-electron chi connectivity index (χ3n) is 4.79. The van der Waals surface area contributed by atoms with Crippen LogP contribution in [0.3, 0.4) is 0 Å². The van der Waals surface area contributed by atoms with Crippen LogP contribution < -0.4 is 10.9 Å². The number of nitrogens with zero attached hydrogens (tertiary/aromatic N) is 2. The molecule has 0 atom stereocenters. The maximum Gasteiger partial charge on any atom is 0.416 e. The number of alkyl halides is 3. The summed E-state index contributed by atoms with van der Waals surface area (Å²) in [4.78, 5) is 36.8. The summed E-state index contributed by atoms with van der Waals surface area (Å²) in [7, 11) is 1.66. The SMILES string of the molecule is Cc1c(NC(=O)COC(=O)C=Cc2cccc(C(F)(F)F)c2)c(=O)n(-c2ccccc2)n1C. The van der Waals surface area contributed by atoms with Crippen molar-refractivity contribution in [2.75, 3.05) is 11.9 Å². The normalized spacial score (nSPS) is 11.5. The fraction of sp³-hybridized carbons (Fsp3) is 0.174. The molecular weight excluding hydrogens is 439 g/mol. The Hall–Kier alpha value is -4.08. The maximum atomic E-state index is 12.8. The number of amides is 1. The summed E-state index contributed by atoms with van der Waals surface area (Å²) in [6.45, 7) is 0.977. The molecule has 1 amide bonds. The number of carbonyl (C=O) groups excluding carboxylic acids is 2. The van der Waals surface area contributed by atoms with E-state index in [1.54, 1.807) is 42.9 Å². The fourth-order valence-electron chi connectivity index (χ4n) is 3.06. The third-order valence-corrected chi connectivity index (χ3v) is 4.79. The number of rotatable bonds is 6. The summed E-state index contributed by atoms with van der Waals surface area (Å²) in [5.74, 6) is -1.66. The Morgan fingerprint density at radius 1 is 1.09 bits per heavy atom. The molecule has 3 rings (SSSR count). The largest absolute Gasteiger partial charge is 0.452 e. The van der Waals surface area contributed by atoms with E-state index in [2.05, 4.69) is 5.32 Å². The van der Waals surface area contributed by atoms with E-state index in [0.717, 1.165) is 24.3 Å². The van der Waals surface area contributed by atoms with E-state index in [4.69, 9.17) is 4.74 Å². The highest BCUT2D eigenvalue weighted by atomic mass is 19.4. The Bertz CT molecular complexity index is 1260. The first-order chi connectivity index (χ1) is 15.6. The van der Waals surface area contributed by atoms with Crippen molar-refractivity contribution in [2.24, 2.45) is 7.05 Å². The maximum absolute atomic E-state index is 12.8. The van der Waals surface area contributed by atoms with Crippen molar-refractivity contribution in [3.63, 3.8) is 0 Å². The van der Waals surface area contributed by atoms with E-state index < -0.39 is 35.8 Å². The lowest BCUT2D eigenvalue weighted by molar-refractivity contribution is -0.142. The van der Waals surface area contributed by atoms with Crippen LogP contribution in [0.4, 0.5) is 18.9 Å². The second-order valence-electron chi connectivity index (χ2n) is 7.05. The topological polar surface area (TPSA) is 82.3 Å². The molecule has 1 heterocycles. The average molecular weight is 459 g/mol. The summed E-state index contributed by atoms with van der Waals surface area (Å²) in [6.07, 6.45) is -2.44. The quantitative estimate of drug-likeness (QED) is 0.450. The zero-order valence-corrected chi connectivity index (χ0v) is 17.7. The molecule has 0 spiro atoms. The highest BCUT2D eigenvalue weighted by molar-refractivity contribution is 5.95. The second-order valence-corrected chi connectivity index (χ2v) is 7.05. The minimum atomic E-state index is -4.50. The molecule has 172 valence electrons. The van der Waals surface area contributed by atoms with Gasteiger partial charge in [0.05, 0.1) is 16.9 Å². The van der Waals surface area contributed by atoms with Crippen molar-refractivity contribution in [2.45, 2.75) is 13.1 Å². The van der Waals surface area contributed by atoms with Gasteiger partial charge in [-0.3, -0.25) is 14.3 Å². The van der Waals surface area contributed by atoms with Crippen LogP contribution in [0.15, 0.2) is 65.5 Å². The highest BCUT2D eigenvalue weighted by Crippen LogP contribution is 2.29. The van der Waals surface area contributed by atoms with Crippen molar-refractivity contribution in [1.29, 1.82) is 0 Å². The number of benzene rings is 2. The molecule has 0 saturated heterocycles. The molecule has 0 aliphatic rings. The number of ether oxygens (including phenoxy) is 1. The number of hydrogen-bond acceptors (Lipinski definition) is 4. The van der Waals surface area contributed by atoms with Gasteiger partial charge in [0, 0.05) is 13.1 Å². The highest BCUT2D eigenvalue weighted by Gasteiger charge is 2.30. The fourth-order valence-corrected chi connectivity index (χ4v) is 3.06. The van der Waals surface area contributed by atoms with Crippen LogP contribution in [0.5, 0.6) is 0 Å². The van der Waals surface area contributed by atoms with E-state index in [-0.39, 0.29) is 11.3 Å². The van der Waals surface area contributed by atoms with Gasteiger partial charge in [-0.25, -0.2) is 9.48 Å². The lowest BCUT2D eigenvalue weighted by Crippen LogP contribution is -2.25. The molecule has 1 aromatic heterocycles. The standard InChI is InChI=1S/C23H20F3N3O4/c1-15-21(22(32)29(28(15)2)18-9-4-3-5-10-18)27-19(30)14-33-20(31)12-11-16-7-6-8-17(13-16)23(24,25)26/h3-13H,14H2,1-2H3,(H,27,30). The Morgan fingerprint density at radius 3 is 2.45 bits per heavy atom. The summed E-state index contributed by atoms with van der Waals surface area (Å²) in [5, 5.41) is 2.44. The Labute approximate surface area is 186 Å². The molecule has 3 aromatic rings. The number of halogens is 3. The van der Waals surface area contributed by atoms with Crippen molar-refractivity contribution >= 4 is 23.6 Å². The van der Waals surface area contributed by atoms with Crippen molar-refractivity contribution < 1.29 is 27.5 Å². The van der Waals surface area contributed by atoms with Crippen molar-refractivity contribution in [3.05, 3.63) is 87.8 Å². The first-order valence-electron chi connectivity index (χ1n) is 9.74. The van der Waals surface area contributed by atoms with Gasteiger partial charge in [0.2, 0.25) is 0 Å². The summed E-state index contributed by atoms with van der Waals surface area (Å²) < 4.78 is 46.0. The van der Waals surface area contributed by atoms with E-state index in [1.807, 2.05) is 6.07 Å². The number of hydrogen-bond donors (Lipinski definition) is 1. The monoisotopic (exact) mass is 459 g/mol. The lowest BCUT2D eigenvalue weighted by atomic mass is 10.1. The number of nitrogens with one attached hydrogen (secondary N) is 1. The van der Waals surface area contributed by atoms with Crippen LogP contribution in [0.1, 0.15) is 16.8 Å². The molecule has 33 heavy (non-hydrogen) atoms. The van der Waals surface area contributed by atoms with Gasteiger partial charge in [0.25, 0.3) is 11.5 Å². The lowest BCUT2D eigenvalue weighted by Gasteiger charge is -2.07. The molecule has 0 saturated carbocycles. The van der Waals surface area contributed by atoms with Crippen LogP contribution in [0, 0.1) is 6.92 Å². The molecule has 2 aromatic carbocycles. The molecule has 1 N–H and O–H groups in total. The number of anilines is 1. The molecule has 0 unspecified atom stereocenters. The van der Waals surface area contributed by atoms with Crippen LogP contribution in [0.2, 0.25) is 0 Å². The van der Waals surface area contributed by atoms with Gasteiger partial charge < -0.3 is 10.1 Å². The molecule has 7 nitrogen and oxygen atoms in total. The first kappa shape index (κ1) is 23.6. The van der Waals surface area contributed by atoms with Crippen LogP contribution >= 0.6 is 0 Å². The Balaban J connectivity index is 1.63. The van der Waals surface area contributed by atoms with Crippen LogP contribution in [-0.2, 0) is 27.5 Å². The molecule has 0 fully saturated rings. The first-order valence-corrected chi connectivity index (χ1v) is 9.74. The molecule has 10 heteroatoms. The van der Waals surface area contributed by atoms with Gasteiger partial charge in [-0.05, 0) is 42.8 Å². The van der Waals surface area contributed by atoms with Crippen molar-refractivity contribution in [3.8, 4) is 5.69 Å². The van der Waals surface area contributed by atoms with Gasteiger partial charge in [-0.2, -0.15) is 13.2 Å². The van der Waals surface area contributed by atoms with Crippen LogP contribution in [-0.4, -0.2) is 27.8 Å². The second kappa shape index (κ2) is 9.60. The smallest absolute Gasteiger partial charge is 0.416 e. The predicted molar refractivity (Wildman–Crippen MR) is 116 cm³/mol.